The average molecular weight is 474 g/mol. The smallest absolute Gasteiger partial charge is 0.243 e. The summed E-state index contributed by atoms with van der Waals surface area (Å²) in [5.41, 5.74) is 1.59. The van der Waals surface area contributed by atoms with Crippen molar-refractivity contribution in [1.29, 1.82) is 0 Å². The summed E-state index contributed by atoms with van der Waals surface area (Å²) in [6.45, 7) is 2.79. The van der Waals surface area contributed by atoms with E-state index < -0.39 is 16.1 Å². The number of nitrogens with zero attached hydrogens (tertiary/aromatic N) is 1. The lowest BCUT2D eigenvalue weighted by atomic mass is 10.0. The van der Waals surface area contributed by atoms with E-state index in [1.165, 1.54) is 11.2 Å². The molecular weight excluding hydrogens is 442 g/mol. The van der Waals surface area contributed by atoms with Crippen LogP contribution in [0.4, 0.5) is 0 Å². The molecule has 0 unspecified atom stereocenters. The molecule has 9 heteroatoms. The van der Waals surface area contributed by atoms with Crippen molar-refractivity contribution in [3.05, 3.63) is 59.7 Å². The van der Waals surface area contributed by atoms with E-state index in [0.717, 1.165) is 30.4 Å². The van der Waals surface area contributed by atoms with Crippen LogP contribution in [0.3, 0.4) is 0 Å². The SMILES string of the molecule is COc1ccc([C@@H](CC(=O)NCc2ccc(S(=O)(=O)N3CCCCC3)cc2)NC(C)=O)cc1. The summed E-state index contributed by atoms with van der Waals surface area (Å²) in [4.78, 5) is 24.4. The summed E-state index contributed by atoms with van der Waals surface area (Å²) in [6, 6.07) is 13.3. The van der Waals surface area contributed by atoms with Gasteiger partial charge in [0.25, 0.3) is 0 Å². The first-order valence-electron chi connectivity index (χ1n) is 11.1. The zero-order chi connectivity index (χ0) is 23.8. The number of carbonyl (C=O) groups is 2. The van der Waals surface area contributed by atoms with Crippen LogP contribution in [0.5, 0.6) is 5.75 Å². The van der Waals surface area contributed by atoms with Gasteiger partial charge in [0.15, 0.2) is 0 Å². The maximum atomic E-state index is 12.8. The van der Waals surface area contributed by atoms with Crippen LogP contribution in [-0.4, -0.2) is 44.7 Å². The standard InChI is InChI=1S/C24H31N3O5S/c1-18(28)26-23(20-8-10-21(32-2)11-9-20)16-24(29)25-17-19-6-12-22(13-7-19)33(30,31)27-14-4-3-5-15-27/h6-13,23H,3-5,14-17H2,1-2H3,(H,25,29)(H,26,28)/t23-/m1/s1. The average Bonchev–Trinajstić information content (AvgIpc) is 2.83. The van der Waals surface area contributed by atoms with Crippen LogP contribution < -0.4 is 15.4 Å². The summed E-state index contributed by atoms with van der Waals surface area (Å²) in [7, 11) is -1.90. The lowest BCUT2D eigenvalue weighted by Crippen LogP contribution is -2.35. The van der Waals surface area contributed by atoms with Gasteiger partial charge in [-0.25, -0.2) is 8.42 Å². The zero-order valence-corrected chi connectivity index (χ0v) is 19.9. The molecule has 8 nitrogen and oxygen atoms in total. The van der Waals surface area contributed by atoms with Gasteiger partial charge in [-0.3, -0.25) is 9.59 Å². The Morgan fingerprint density at radius 1 is 1.00 bits per heavy atom. The Labute approximate surface area is 195 Å². The summed E-state index contributed by atoms with van der Waals surface area (Å²) in [5, 5.41) is 5.65. The minimum Gasteiger partial charge on any atom is -0.497 e. The molecule has 0 spiro atoms. The van der Waals surface area contributed by atoms with E-state index in [1.807, 2.05) is 12.1 Å². The molecule has 0 radical (unpaired) electrons. The molecule has 1 fully saturated rings. The number of carbonyl (C=O) groups excluding carboxylic acids is 2. The molecule has 2 amide bonds. The number of hydrogen-bond donors (Lipinski definition) is 2. The van der Waals surface area contributed by atoms with Crippen LogP contribution in [-0.2, 0) is 26.2 Å². The van der Waals surface area contributed by atoms with E-state index in [4.69, 9.17) is 4.74 Å². The predicted molar refractivity (Wildman–Crippen MR) is 125 cm³/mol. The van der Waals surface area contributed by atoms with Crippen molar-refractivity contribution in [3.63, 3.8) is 0 Å². The first-order chi connectivity index (χ1) is 15.8. The molecule has 178 valence electrons. The van der Waals surface area contributed by atoms with Crippen molar-refractivity contribution in [2.75, 3.05) is 20.2 Å². The topological polar surface area (TPSA) is 105 Å². The highest BCUT2D eigenvalue weighted by Crippen LogP contribution is 2.22. The van der Waals surface area contributed by atoms with Gasteiger partial charge in [-0.1, -0.05) is 30.7 Å². The molecule has 1 aliphatic rings. The Morgan fingerprint density at radius 2 is 1.64 bits per heavy atom. The minimum atomic E-state index is -3.48. The summed E-state index contributed by atoms with van der Waals surface area (Å²) in [6.07, 6.45) is 2.91. The molecule has 1 atom stereocenters. The maximum Gasteiger partial charge on any atom is 0.243 e. The normalized spacial score (nSPS) is 15.5. The molecule has 2 aromatic carbocycles. The first kappa shape index (κ1) is 24.7. The number of ether oxygens (including phenoxy) is 1. The molecule has 2 N–H and O–H groups in total. The number of amides is 2. The van der Waals surface area contributed by atoms with Gasteiger partial charge in [0, 0.05) is 26.6 Å². The van der Waals surface area contributed by atoms with E-state index >= 15 is 0 Å². The van der Waals surface area contributed by atoms with Gasteiger partial charge in [0.05, 0.1) is 24.5 Å². The van der Waals surface area contributed by atoms with Crippen molar-refractivity contribution in [2.45, 2.75) is 50.1 Å². The van der Waals surface area contributed by atoms with E-state index in [1.54, 1.807) is 43.5 Å². The van der Waals surface area contributed by atoms with Gasteiger partial charge in [-0.05, 0) is 48.2 Å². The molecule has 0 bridgehead atoms. The molecule has 3 rings (SSSR count). The van der Waals surface area contributed by atoms with Crippen LogP contribution in [0.2, 0.25) is 0 Å². The van der Waals surface area contributed by atoms with Gasteiger partial charge in [0.1, 0.15) is 5.75 Å². The number of nitrogens with one attached hydrogen (secondary N) is 2. The van der Waals surface area contributed by atoms with Crippen LogP contribution >= 0.6 is 0 Å². The van der Waals surface area contributed by atoms with Crippen LogP contribution in [0.15, 0.2) is 53.4 Å². The monoisotopic (exact) mass is 473 g/mol. The Bertz CT molecular complexity index is 1050. The first-order valence-corrected chi connectivity index (χ1v) is 12.5. The highest BCUT2D eigenvalue weighted by atomic mass is 32.2. The molecule has 0 aliphatic carbocycles. The molecule has 1 heterocycles. The maximum absolute atomic E-state index is 12.8. The Morgan fingerprint density at radius 3 is 2.21 bits per heavy atom. The fraction of sp³-hybridized carbons (Fsp3) is 0.417. The Hall–Kier alpha value is -2.91. The molecule has 0 aromatic heterocycles. The fourth-order valence-electron chi connectivity index (χ4n) is 3.83. The third-order valence-corrected chi connectivity index (χ3v) is 7.56. The summed E-state index contributed by atoms with van der Waals surface area (Å²) < 4.78 is 32.2. The molecule has 0 saturated carbocycles. The second kappa shape index (κ2) is 11.3. The molecule has 1 aliphatic heterocycles. The minimum absolute atomic E-state index is 0.0767. The van der Waals surface area contributed by atoms with E-state index in [-0.39, 0.29) is 29.7 Å². The van der Waals surface area contributed by atoms with Crippen molar-refractivity contribution >= 4 is 21.8 Å². The molecule has 33 heavy (non-hydrogen) atoms. The molecule has 1 saturated heterocycles. The second-order valence-corrected chi connectivity index (χ2v) is 10.1. The van der Waals surface area contributed by atoms with Gasteiger partial charge in [0.2, 0.25) is 21.8 Å². The van der Waals surface area contributed by atoms with Crippen LogP contribution in [0, 0.1) is 0 Å². The van der Waals surface area contributed by atoms with E-state index in [9.17, 15) is 18.0 Å². The van der Waals surface area contributed by atoms with Crippen molar-refractivity contribution < 1.29 is 22.7 Å². The highest BCUT2D eigenvalue weighted by Gasteiger charge is 2.25. The Kier molecular flexibility index (Phi) is 8.46. The van der Waals surface area contributed by atoms with Crippen LogP contribution in [0.25, 0.3) is 0 Å². The number of hydrogen-bond acceptors (Lipinski definition) is 5. The number of rotatable bonds is 9. The van der Waals surface area contributed by atoms with Gasteiger partial charge < -0.3 is 15.4 Å². The molecule has 2 aromatic rings. The highest BCUT2D eigenvalue weighted by molar-refractivity contribution is 7.89. The van der Waals surface area contributed by atoms with E-state index in [2.05, 4.69) is 10.6 Å². The van der Waals surface area contributed by atoms with Gasteiger partial charge >= 0.3 is 0 Å². The van der Waals surface area contributed by atoms with Crippen molar-refractivity contribution in [2.24, 2.45) is 0 Å². The van der Waals surface area contributed by atoms with Crippen molar-refractivity contribution in [3.8, 4) is 5.75 Å². The number of piperidine rings is 1. The summed E-state index contributed by atoms with van der Waals surface area (Å²) in [5.74, 6) is 0.235. The fourth-order valence-corrected chi connectivity index (χ4v) is 5.34. The lowest BCUT2D eigenvalue weighted by Gasteiger charge is -2.25. The third kappa shape index (κ3) is 6.79. The second-order valence-electron chi connectivity index (χ2n) is 8.12. The quantitative estimate of drug-likeness (QED) is 0.583. The van der Waals surface area contributed by atoms with E-state index in [0.29, 0.717) is 18.8 Å². The third-order valence-electron chi connectivity index (χ3n) is 5.65. The largest absolute Gasteiger partial charge is 0.497 e. The van der Waals surface area contributed by atoms with Gasteiger partial charge in [-0.2, -0.15) is 4.31 Å². The zero-order valence-electron chi connectivity index (χ0n) is 19.0. The Balaban J connectivity index is 1.58. The number of sulfonamides is 1. The number of benzene rings is 2. The summed E-state index contributed by atoms with van der Waals surface area (Å²) >= 11 is 0. The van der Waals surface area contributed by atoms with Crippen molar-refractivity contribution in [1.82, 2.24) is 14.9 Å². The van der Waals surface area contributed by atoms with Gasteiger partial charge in [-0.15, -0.1) is 0 Å². The number of methoxy groups -OCH3 is 1. The predicted octanol–water partition coefficient (Wildman–Crippen LogP) is 2.75. The molecular formula is C24H31N3O5S. The lowest BCUT2D eigenvalue weighted by molar-refractivity contribution is -0.122. The van der Waals surface area contributed by atoms with Crippen LogP contribution in [0.1, 0.15) is 49.8 Å².